The first-order chi connectivity index (χ1) is 10.6. The van der Waals surface area contributed by atoms with E-state index in [-0.39, 0.29) is 12.5 Å². The minimum Gasteiger partial charge on any atom is -0.375 e. The van der Waals surface area contributed by atoms with E-state index >= 15 is 0 Å². The average Bonchev–Trinajstić information content (AvgIpc) is 2.79. The van der Waals surface area contributed by atoms with Crippen LogP contribution >= 0.6 is 0 Å². The van der Waals surface area contributed by atoms with Crippen molar-refractivity contribution < 1.29 is 9.53 Å². The Labute approximate surface area is 132 Å². The number of hydrogen-bond donors (Lipinski definition) is 1. The maximum Gasteiger partial charge on any atom is 0.245 e. The Bertz CT molecular complexity index is 486. The molecular weight excluding hydrogens is 280 g/mol. The third-order valence-corrected chi connectivity index (χ3v) is 4.31. The summed E-state index contributed by atoms with van der Waals surface area (Å²) >= 11 is 0. The highest BCUT2D eigenvalue weighted by Crippen LogP contribution is 2.22. The number of piperidine rings is 1. The predicted octanol–water partition coefficient (Wildman–Crippen LogP) is 1.24. The summed E-state index contributed by atoms with van der Waals surface area (Å²) in [6, 6.07) is 0.538. The first-order valence-corrected chi connectivity index (χ1v) is 8.09. The predicted molar refractivity (Wildman–Crippen MR) is 85.5 cm³/mol. The van der Waals surface area contributed by atoms with E-state index in [1.54, 1.807) is 7.11 Å². The molecule has 2 rings (SSSR count). The van der Waals surface area contributed by atoms with Gasteiger partial charge < -0.3 is 10.1 Å². The molecule has 1 aliphatic rings. The lowest BCUT2D eigenvalue weighted by Crippen LogP contribution is -2.41. The SMILES string of the molecule is COCC(=O)NCCC1CCCCN1Cc1cn(C)nc1C. The van der Waals surface area contributed by atoms with Crippen molar-refractivity contribution in [2.45, 2.75) is 45.2 Å². The molecule has 1 aromatic heterocycles. The molecule has 1 aliphatic heterocycles. The molecule has 6 nitrogen and oxygen atoms in total. The molecule has 0 aliphatic carbocycles. The van der Waals surface area contributed by atoms with Crippen LogP contribution in [0.2, 0.25) is 0 Å². The number of nitrogens with one attached hydrogen (secondary N) is 1. The highest BCUT2D eigenvalue weighted by Gasteiger charge is 2.23. The smallest absolute Gasteiger partial charge is 0.245 e. The molecule has 22 heavy (non-hydrogen) atoms. The number of amides is 1. The molecule has 0 saturated carbocycles. The summed E-state index contributed by atoms with van der Waals surface area (Å²) in [6.07, 6.45) is 6.85. The minimum atomic E-state index is -0.0343. The molecule has 1 unspecified atom stereocenters. The van der Waals surface area contributed by atoms with E-state index in [0.29, 0.717) is 6.04 Å². The number of aromatic nitrogens is 2. The van der Waals surface area contributed by atoms with Crippen LogP contribution in [0.3, 0.4) is 0 Å². The fourth-order valence-electron chi connectivity index (χ4n) is 3.18. The number of hydrogen-bond acceptors (Lipinski definition) is 4. The molecule has 0 spiro atoms. The van der Waals surface area contributed by atoms with Crippen molar-refractivity contribution in [2.24, 2.45) is 7.05 Å². The van der Waals surface area contributed by atoms with Gasteiger partial charge in [-0.25, -0.2) is 0 Å². The van der Waals surface area contributed by atoms with Crippen LogP contribution in [-0.4, -0.2) is 53.4 Å². The monoisotopic (exact) mass is 308 g/mol. The van der Waals surface area contributed by atoms with E-state index in [9.17, 15) is 4.79 Å². The number of rotatable bonds is 7. The summed E-state index contributed by atoms with van der Waals surface area (Å²) in [5.41, 5.74) is 2.41. The first-order valence-electron chi connectivity index (χ1n) is 8.09. The molecule has 0 aromatic carbocycles. The van der Waals surface area contributed by atoms with Crippen LogP contribution in [0.25, 0.3) is 0 Å². The number of ether oxygens (including phenoxy) is 1. The Morgan fingerprint density at radius 2 is 2.32 bits per heavy atom. The van der Waals surface area contributed by atoms with E-state index in [2.05, 4.69) is 28.4 Å². The average molecular weight is 308 g/mol. The van der Waals surface area contributed by atoms with Gasteiger partial charge in [0.15, 0.2) is 0 Å². The number of methoxy groups -OCH3 is 1. The van der Waals surface area contributed by atoms with Crippen LogP contribution in [0.4, 0.5) is 0 Å². The Hall–Kier alpha value is -1.40. The number of aryl methyl sites for hydroxylation is 2. The zero-order valence-corrected chi connectivity index (χ0v) is 14.0. The van der Waals surface area contributed by atoms with Gasteiger partial charge in [0.05, 0.1) is 5.69 Å². The van der Waals surface area contributed by atoms with Gasteiger partial charge in [0, 0.05) is 45.0 Å². The Kier molecular flexibility index (Phi) is 6.39. The molecule has 1 fully saturated rings. The topological polar surface area (TPSA) is 59.4 Å². The highest BCUT2D eigenvalue weighted by atomic mass is 16.5. The minimum absolute atomic E-state index is 0.0343. The van der Waals surface area contributed by atoms with E-state index in [1.165, 1.54) is 24.8 Å². The van der Waals surface area contributed by atoms with Crippen LogP contribution in [0.15, 0.2) is 6.20 Å². The summed E-state index contributed by atoms with van der Waals surface area (Å²) < 4.78 is 6.71. The summed E-state index contributed by atoms with van der Waals surface area (Å²) in [4.78, 5) is 14.0. The number of likely N-dealkylation sites (tertiary alicyclic amines) is 1. The van der Waals surface area contributed by atoms with Gasteiger partial charge in [-0.05, 0) is 32.7 Å². The van der Waals surface area contributed by atoms with Crippen LogP contribution in [0.1, 0.15) is 36.9 Å². The molecule has 0 radical (unpaired) electrons. The molecule has 1 N–H and O–H groups in total. The Morgan fingerprint density at radius 3 is 3.00 bits per heavy atom. The molecule has 1 saturated heterocycles. The zero-order chi connectivity index (χ0) is 15.9. The highest BCUT2D eigenvalue weighted by molar-refractivity contribution is 5.77. The second-order valence-corrected chi connectivity index (χ2v) is 6.11. The summed E-state index contributed by atoms with van der Waals surface area (Å²) in [6.45, 7) is 5.01. The molecule has 2 heterocycles. The molecule has 124 valence electrons. The van der Waals surface area contributed by atoms with Crippen LogP contribution < -0.4 is 5.32 Å². The number of carbonyl (C=O) groups excluding carboxylic acids is 1. The number of carbonyl (C=O) groups is 1. The van der Waals surface area contributed by atoms with Gasteiger partial charge in [-0.2, -0.15) is 5.10 Å². The summed E-state index contributed by atoms with van der Waals surface area (Å²) in [5.74, 6) is -0.0343. The lowest BCUT2D eigenvalue weighted by Gasteiger charge is -2.35. The second-order valence-electron chi connectivity index (χ2n) is 6.11. The normalized spacial score (nSPS) is 19.3. The second kappa shape index (κ2) is 8.29. The largest absolute Gasteiger partial charge is 0.375 e. The quantitative estimate of drug-likeness (QED) is 0.823. The lowest BCUT2D eigenvalue weighted by molar-refractivity contribution is -0.124. The Balaban J connectivity index is 1.85. The van der Waals surface area contributed by atoms with Crippen molar-refractivity contribution in [1.82, 2.24) is 20.0 Å². The van der Waals surface area contributed by atoms with Crippen LogP contribution in [0, 0.1) is 6.92 Å². The van der Waals surface area contributed by atoms with Crippen molar-refractivity contribution in [3.8, 4) is 0 Å². The third kappa shape index (κ3) is 4.81. The van der Waals surface area contributed by atoms with Gasteiger partial charge in [-0.15, -0.1) is 0 Å². The maximum absolute atomic E-state index is 11.4. The molecule has 1 aromatic rings. The van der Waals surface area contributed by atoms with E-state index in [4.69, 9.17) is 4.74 Å². The van der Waals surface area contributed by atoms with Crippen molar-refractivity contribution in [3.05, 3.63) is 17.5 Å². The maximum atomic E-state index is 11.4. The van der Waals surface area contributed by atoms with Crippen LogP contribution in [-0.2, 0) is 23.1 Å². The van der Waals surface area contributed by atoms with Crippen molar-refractivity contribution in [1.29, 1.82) is 0 Å². The third-order valence-electron chi connectivity index (χ3n) is 4.31. The van der Waals surface area contributed by atoms with Crippen molar-refractivity contribution >= 4 is 5.91 Å². The van der Waals surface area contributed by atoms with Crippen molar-refractivity contribution in [3.63, 3.8) is 0 Å². The van der Waals surface area contributed by atoms with Crippen LogP contribution in [0.5, 0.6) is 0 Å². The Morgan fingerprint density at radius 1 is 1.50 bits per heavy atom. The van der Waals surface area contributed by atoms with Gasteiger partial charge in [-0.1, -0.05) is 6.42 Å². The number of nitrogens with zero attached hydrogens (tertiary/aromatic N) is 3. The van der Waals surface area contributed by atoms with Gasteiger partial charge in [0.25, 0.3) is 0 Å². The fraction of sp³-hybridized carbons (Fsp3) is 0.750. The van der Waals surface area contributed by atoms with Gasteiger partial charge in [0.1, 0.15) is 6.61 Å². The molecule has 1 atom stereocenters. The van der Waals surface area contributed by atoms with E-state index < -0.39 is 0 Å². The lowest BCUT2D eigenvalue weighted by atomic mass is 9.98. The standard InChI is InChI=1S/C16H28N4O2/c1-13-14(10-19(2)18-13)11-20-9-5-4-6-15(20)7-8-17-16(21)12-22-3/h10,15H,4-9,11-12H2,1-3H3,(H,17,21). The molecule has 1 amide bonds. The fourth-order valence-corrected chi connectivity index (χ4v) is 3.18. The van der Waals surface area contributed by atoms with E-state index in [1.807, 2.05) is 11.7 Å². The zero-order valence-electron chi connectivity index (χ0n) is 14.0. The van der Waals surface area contributed by atoms with Crippen molar-refractivity contribution in [2.75, 3.05) is 26.8 Å². The van der Waals surface area contributed by atoms with Gasteiger partial charge >= 0.3 is 0 Å². The summed E-state index contributed by atoms with van der Waals surface area (Å²) in [7, 11) is 3.51. The first kappa shape index (κ1) is 17.0. The van der Waals surface area contributed by atoms with Gasteiger partial charge in [-0.3, -0.25) is 14.4 Å². The van der Waals surface area contributed by atoms with Gasteiger partial charge in [0.2, 0.25) is 5.91 Å². The molecular formula is C16H28N4O2. The summed E-state index contributed by atoms with van der Waals surface area (Å²) in [5, 5.41) is 7.35. The van der Waals surface area contributed by atoms with E-state index in [0.717, 1.165) is 31.7 Å². The molecule has 6 heteroatoms. The molecule has 0 bridgehead atoms.